The van der Waals surface area contributed by atoms with Crippen LogP contribution < -0.4 is 0 Å². The molecule has 1 aromatic rings. The lowest BCUT2D eigenvalue weighted by Gasteiger charge is -2.22. The van der Waals surface area contributed by atoms with Crippen LogP contribution in [-0.2, 0) is 15.5 Å². The molecular formula is C11H15ClO3S. The first-order chi connectivity index (χ1) is 7.03. The molecule has 5 heteroatoms. The van der Waals surface area contributed by atoms with E-state index in [4.69, 9.17) is 16.2 Å². The van der Waals surface area contributed by atoms with Crippen molar-refractivity contribution in [2.75, 3.05) is 0 Å². The van der Waals surface area contributed by atoms with E-state index < -0.39 is 10.1 Å². The molecule has 0 fully saturated rings. The predicted molar refractivity (Wildman–Crippen MR) is 64.7 cm³/mol. The van der Waals surface area contributed by atoms with Crippen LogP contribution in [0, 0.1) is 6.92 Å². The highest BCUT2D eigenvalue weighted by Crippen LogP contribution is 2.32. The SMILES string of the molecule is Cc1cc(S(=O)(=O)O)c(Cl)cc1C(C)(C)C. The highest BCUT2D eigenvalue weighted by molar-refractivity contribution is 7.86. The highest BCUT2D eigenvalue weighted by Gasteiger charge is 2.22. The summed E-state index contributed by atoms with van der Waals surface area (Å²) in [5, 5.41) is 0.0537. The Hall–Kier alpha value is -0.580. The van der Waals surface area contributed by atoms with Gasteiger partial charge in [0.05, 0.1) is 5.02 Å². The van der Waals surface area contributed by atoms with Gasteiger partial charge in [0.25, 0.3) is 10.1 Å². The van der Waals surface area contributed by atoms with E-state index in [0.717, 1.165) is 11.1 Å². The Bertz CT molecular complexity index is 513. The van der Waals surface area contributed by atoms with E-state index in [1.807, 2.05) is 20.8 Å². The summed E-state index contributed by atoms with van der Waals surface area (Å²) in [6.45, 7) is 7.84. The van der Waals surface area contributed by atoms with E-state index in [-0.39, 0.29) is 15.3 Å². The molecule has 0 unspecified atom stereocenters. The zero-order chi connectivity index (χ0) is 12.7. The second kappa shape index (κ2) is 4.02. The first-order valence-electron chi connectivity index (χ1n) is 4.81. The zero-order valence-corrected chi connectivity index (χ0v) is 11.3. The molecule has 1 rings (SSSR count). The van der Waals surface area contributed by atoms with Crippen LogP contribution in [0.2, 0.25) is 5.02 Å². The summed E-state index contributed by atoms with van der Waals surface area (Å²) < 4.78 is 31.1. The van der Waals surface area contributed by atoms with Gasteiger partial charge >= 0.3 is 0 Å². The van der Waals surface area contributed by atoms with Gasteiger partial charge in [0, 0.05) is 0 Å². The van der Waals surface area contributed by atoms with Crippen molar-refractivity contribution in [3.05, 3.63) is 28.3 Å². The van der Waals surface area contributed by atoms with E-state index in [1.54, 1.807) is 13.0 Å². The molecule has 0 bridgehead atoms. The molecule has 0 aliphatic rings. The van der Waals surface area contributed by atoms with E-state index >= 15 is 0 Å². The standard InChI is InChI=1S/C11H15ClO3S/c1-7-5-10(16(13,14)15)9(12)6-8(7)11(2,3)4/h5-6H,1-4H3,(H,13,14,15). The topological polar surface area (TPSA) is 54.4 Å². The van der Waals surface area contributed by atoms with Gasteiger partial charge in [0.15, 0.2) is 0 Å². The third-order valence-electron chi connectivity index (χ3n) is 2.36. The van der Waals surface area contributed by atoms with Crippen LogP contribution >= 0.6 is 11.6 Å². The number of rotatable bonds is 1. The Morgan fingerprint density at radius 2 is 1.75 bits per heavy atom. The first kappa shape index (κ1) is 13.5. The second-order valence-corrected chi connectivity index (χ2v) is 6.62. The van der Waals surface area contributed by atoms with Crippen LogP contribution in [0.5, 0.6) is 0 Å². The van der Waals surface area contributed by atoms with Gasteiger partial charge in [0.1, 0.15) is 4.90 Å². The molecule has 1 N–H and O–H groups in total. The molecule has 0 aliphatic heterocycles. The first-order valence-corrected chi connectivity index (χ1v) is 6.63. The summed E-state index contributed by atoms with van der Waals surface area (Å²) in [7, 11) is -4.25. The smallest absolute Gasteiger partial charge is 0.282 e. The number of halogens is 1. The van der Waals surface area contributed by atoms with Crippen molar-refractivity contribution in [3.8, 4) is 0 Å². The van der Waals surface area contributed by atoms with Gasteiger partial charge in [0.2, 0.25) is 0 Å². The molecular weight excluding hydrogens is 248 g/mol. The van der Waals surface area contributed by atoms with E-state index in [0.29, 0.717) is 0 Å². The van der Waals surface area contributed by atoms with Crippen LogP contribution in [0.3, 0.4) is 0 Å². The molecule has 0 radical (unpaired) electrons. The molecule has 0 aliphatic carbocycles. The van der Waals surface area contributed by atoms with Crippen molar-refractivity contribution < 1.29 is 13.0 Å². The molecule has 0 spiro atoms. The molecule has 3 nitrogen and oxygen atoms in total. The molecule has 0 atom stereocenters. The maximum absolute atomic E-state index is 11.0. The molecule has 0 saturated carbocycles. The number of aryl methyl sites for hydroxylation is 1. The summed E-state index contributed by atoms with van der Waals surface area (Å²) in [6, 6.07) is 3.00. The van der Waals surface area contributed by atoms with E-state index in [1.165, 1.54) is 6.07 Å². The van der Waals surface area contributed by atoms with Gasteiger partial charge in [-0.05, 0) is 35.6 Å². The minimum atomic E-state index is -4.25. The van der Waals surface area contributed by atoms with Crippen LogP contribution in [0.15, 0.2) is 17.0 Å². The van der Waals surface area contributed by atoms with Crippen LogP contribution in [-0.4, -0.2) is 13.0 Å². The Labute approximate surface area is 101 Å². The maximum atomic E-state index is 11.0. The molecule has 0 aromatic heterocycles. The quantitative estimate of drug-likeness (QED) is 0.791. The maximum Gasteiger partial charge on any atom is 0.296 e. The Morgan fingerprint density at radius 1 is 1.25 bits per heavy atom. The molecule has 90 valence electrons. The fourth-order valence-corrected chi connectivity index (χ4v) is 2.75. The lowest BCUT2D eigenvalue weighted by Crippen LogP contribution is -2.14. The van der Waals surface area contributed by atoms with Crippen molar-refractivity contribution in [2.24, 2.45) is 0 Å². The molecule has 0 saturated heterocycles. The fourth-order valence-electron chi connectivity index (χ4n) is 1.66. The lowest BCUT2D eigenvalue weighted by molar-refractivity contribution is 0.483. The van der Waals surface area contributed by atoms with Crippen molar-refractivity contribution >= 4 is 21.7 Å². The summed E-state index contributed by atoms with van der Waals surface area (Å²) >= 11 is 5.85. The number of hydrogen-bond acceptors (Lipinski definition) is 2. The summed E-state index contributed by atoms with van der Waals surface area (Å²) in [5.41, 5.74) is 1.64. The zero-order valence-electron chi connectivity index (χ0n) is 9.70. The minimum absolute atomic E-state index is 0.0537. The third kappa shape index (κ3) is 2.75. The van der Waals surface area contributed by atoms with Gasteiger partial charge in [-0.25, -0.2) is 0 Å². The highest BCUT2D eigenvalue weighted by atomic mass is 35.5. The van der Waals surface area contributed by atoms with Crippen LogP contribution in [0.4, 0.5) is 0 Å². The molecule has 1 aromatic carbocycles. The van der Waals surface area contributed by atoms with E-state index in [9.17, 15) is 8.42 Å². The Balaban J connectivity index is 3.52. The fraction of sp³-hybridized carbons (Fsp3) is 0.455. The Kier molecular flexibility index (Phi) is 3.39. The molecule has 16 heavy (non-hydrogen) atoms. The average Bonchev–Trinajstić information content (AvgIpc) is 2.04. The van der Waals surface area contributed by atoms with Crippen LogP contribution in [0.25, 0.3) is 0 Å². The molecule has 0 heterocycles. The van der Waals surface area contributed by atoms with Crippen LogP contribution in [0.1, 0.15) is 31.9 Å². The van der Waals surface area contributed by atoms with Gasteiger partial charge < -0.3 is 0 Å². The summed E-state index contributed by atoms with van der Waals surface area (Å²) in [4.78, 5) is -0.236. The lowest BCUT2D eigenvalue weighted by atomic mass is 9.84. The van der Waals surface area contributed by atoms with Crippen molar-refractivity contribution in [1.29, 1.82) is 0 Å². The van der Waals surface area contributed by atoms with Gasteiger partial charge in [-0.1, -0.05) is 32.4 Å². The van der Waals surface area contributed by atoms with Gasteiger partial charge in [-0.15, -0.1) is 0 Å². The monoisotopic (exact) mass is 262 g/mol. The second-order valence-electron chi connectivity index (χ2n) is 4.82. The normalized spacial score (nSPS) is 12.9. The average molecular weight is 263 g/mol. The largest absolute Gasteiger partial charge is 0.296 e. The summed E-state index contributed by atoms with van der Waals surface area (Å²) in [5.74, 6) is 0. The predicted octanol–water partition coefficient (Wildman–Crippen LogP) is 3.19. The van der Waals surface area contributed by atoms with Gasteiger partial charge in [-0.3, -0.25) is 4.55 Å². The van der Waals surface area contributed by atoms with Crippen molar-refractivity contribution in [1.82, 2.24) is 0 Å². The van der Waals surface area contributed by atoms with Gasteiger partial charge in [-0.2, -0.15) is 8.42 Å². The van der Waals surface area contributed by atoms with E-state index in [2.05, 4.69) is 0 Å². The third-order valence-corrected chi connectivity index (χ3v) is 3.68. The minimum Gasteiger partial charge on any atom is -0.282 e. The summed E-state index contributed by atoms with van der Waals surface area (Å²) in [6.07, 6.45) is 0. The van der Waals surface area contributed by atoms with Crippen molar-refractivity contribution in [2.45, 2.75) is 38.0 Å². The number of benzene rings is 1. The molecule has 0 amide bonds. The number of hydrogen-bond donors (Lipinski definition) is 1. The van der Waals surface area contributed by atoms with Crippen molar-refractivity contribution in [3.63, 3.8) is 0 Å². The Morgan fingerprint density at radius 3 is 2.12 bits per heavy atom.